The van der Waals surface area contributed by atoms with Gasteiger partial charge in [-0.1, -0.05) is 11.2 Å². The number of Topliss-reactive ketones (excluding diaryl/α,β-unsaturated/α-hetero) is 2. The number of aliphatic hydroxyl groups is 3. The van der Waals surface area contributed by atoms with E-state index in [0.29, 0.717) is 11.1 Å². The number of phenols is 1. The van der Waals surface area contributed by atoms with Gasteiger partial charge in [-0.15, -0.1) is 0 Å². The number of amides is 2. The number of nitrogens with one attached hydrogen (secondary N) is 1. The fourth-order valence-corrected chi connectivity index (χ4v) is 6.07. The van der Waals surface area contributed by atoms with Crippen molar-refractivity contribution >= 4 is 29.1 Å². The number of benzene rings is 1. The average Bonchev–Trinajstić information content (AvgIpc) is 3.40. The van der Waals surface area contributed by atoms with Gasteiger partial charge < -0.3 is 36.0 Å². The highest BCUT2D eigenvalue weighted by Gasteiger charge is 2.64. The minimum atomic E-state index is -2.70. The van der Waals surface area contributed by atoms with Crippen molar-refractivity contribution in [1.82, 2.24) is 15.4 Å². The Morgan fingerprint density at radius 2 is 1.95 bits per heavy atom. The van der Waals surface area contributed by atoms with E-state index in [2.05, 4.69) is 15.0 Å². The lowest BCUT2D eigenvalue weighted by Gasteiger charge is -2.50. The van der Waals surface area contributed by atoms with Crippen molar-refractivity contribution in [1.29, 1.82) is 0 Å². The van der Waals surface area contributed by atoms with Crippen molar-refractivity contribution in [2.24, 2.45) is 17.6 Å². The van der Waals surface area contributed by atoms with Gasteiger partial charge in [0.1, 0.15) is 29.1 Å². The van der Waals surface area contributed by atoms with E-state index in [1.807, 2.05) is 0 Å². The zero-order valence-electron chi connectivity index (χ0n) is 21.0. The lowest BCUT2D eigenvalue weighted by atomic mass is 9.57. The predicted octanol–water partition coefficient (Wildman–Crippen LogP) is -0.118. The number of carbonyl (C=O) groups excluding carboxylic acids is 4. The lowest BCUT2D eigenvalue weighted by Crippen LogP contribution is -2.65. The van der Waals surface area contributed by atoms with E-state index >= 15 is 0 Å². The second-order valence-electron chi connectivity index (χ2n) is 10.2. The molecule has 13 nitrogen and oxygen atoms in total. The Morgan fingerprint density at radius 1 is 1.23 bits per heavy atom. The van der Waals surface area contributed by atoms with Crippen LogP contribution in [0.2, 0.25) is 0 Å². The molecular weight excluding hydrogens is 512 g/mol. The summed E-state index contributed by atoms with van der Waals surface area (Å²) in [5.41, 5.74) is 2.66. The second-order valence-corrected chi connectivity index (χ2v) is 10.2. The fourth-order valence-electron chi connectivity index (χ4n) is 6.07. The molecule has 39 heavy (non-hydrogen) atoms. The van der Waals surface area contributed by atoms with Crippen molar-refractivity contribution in [3.63, 3.8) is 0 Å². The summed E-state index contributed by atoms with van der Waals surface area (Å²) in [6.07, 6.45) is 2.50. The third-order valence-corrected chi connectivity index (χ3v) is 7.84. The second kappa shape index (κ2) is 9.06. The molecule has 3 aliphatic carbocycles. The number of nitrogens with two attached hydrogens (primary N) is 1. The maximum atomic E-state index is 13.8. The van der Waals surface area contributed by atoms with E-state index in [-0.39, 0.29) is 41.8 Å². The first-order valence-corrected chi connectivity index (χ1v) is 12.1. The molecule has 0 saturated heterocycles. The number of nitrogens with zero attached hydrogens (tertiary/aromatic N) is 2. The van der Waals surface area contributed by atoms with E-state index in [1.165, 1.54) is 37.5 Å². The van der Waals surface area contributed by atoms with Crippen LogP contribution in [0.1, 0.15) is 33.5 Å². The molecule has 0 aliphatic heterocycles. The molecule has 2 aromatic rings. The van der Waals surface area contributed by atoms with E-state index in [4.69, 9.17) is 5.73 Å². The maximum absolute atomic E-state index is 13.8. The Bertz CT molecular complexity index is 1490. The van der Waals surface area contributed by atoms with Gasteiger partial charge in [-0.25, -0.2) is 0 Å². The minimum Gasteiger partial charge on any atom is -0.508 e. The Labute approximate surface area is 221 Å². The van der Waals surface area contributed by atoms with Gasteiger partial charge in [-0.2, -0.15) is 0 Å². The van der Waals surface area contributed by atoms with Gasteiger partial charge in [0, 0.05) is 18.0 Å². The smallest absolute Gasteiger partial charge is 0.256 e. The standard InChI is InChI=1S/C26H26N4O9/c1-30(2)19-14-6-11-5-13-10(7-28-25(37)12-8-29-39-9-12)3-4-15(31)17(13)20(32)16(11)22(34)26(14,38)23(35)18(21(19)33)24(27)36/h3-4,8-9,11,14,19,31-32,35,38H,5-7H2,1-2H3,(H2,27,36)(H,28,37)/t11-,14-,19+,26+/m1/s1. The first kappa shape index (κ1) is 26.1. The molecular formula is C26H26N4O9. The van der Waals surface area contributed by atoms with Crippen LogP contribution < -0.4 is 11.1 Å². The normalized spacial score (nSPS) is 26.3. The van der Waals surface area contributed by atoms with Gasteiger partial charge in [-0.05, 0) is 50.0 Å². The lowest BCUT2D eigenvalue weighted by molar-refractivity contribution is -0.153. The molecule has 13 heteroatoms. The van der Waals surface area contributed by atoms with Gasteiger partial charge in [0.15, 0.2) is 11.4 Å². The molecule has 1 aromatic heterocycles. The van der Waals surface area contributed by atoms with Crippen LogP contribution in [0.15, 0.2) is 46.0 Å². The summed E-state index contributed by atoms with van der Waals surface area (Å²) in [5, 5.41) is 50.6. The topological polar surface area (TPSA) is 217 Å². The van der Waals surface area contributed by atoms with Crippen LogP contribution >= 0.6 is 0 Å². The predicted molar refractivity (Wildman–Crippen MR) is 132 cm³/mol. The summed E-state index contributed by atoms with van der Waals surface area (Å²) in [4.78, 5) is 52.9. The van der Waals surface area contributed by atoms with Crippen molar-refractivity contribution in [2.75, 3.05) is 14.1 Å². The van der Waals surface area contributed by atoms with E-state index in [9.17, 15) is 39.6 Å². The summed E-state index contributed by atoms with van der Waals surface area (Å²) in [6.45, 7) is 0.00752. The summed E-state index contributed by atoms with van der Waals surface area (Å²) >= 11 is 0. The average molecular weight is 539 g/mol. The summed E-state index contributed by atoms with van der Waals surface area (Å²) in [7, 11) is 3.06. The molecule has 0 spiro atoms. The van der Waals surface area contributed by atoms with Crippen molar-refractivity contribution in [3.8, 4) is 5.75 Å². The van der Waals surface area contributed by atoms with Crippen molar-refractivity contribution in [3.05, 3.63) is 63.8 Å². The molecule has 2 amide bonds. The number of fused-ring (bicyclic) bond motifs is 3. The molecule has 1 fully saturated rings. The van der Waals surface area contributed by atoms with Gasteiger partial charge in [0.25, 0.3) is 11.8 Å². The van der Waals surface area contributed by atoms with Crippen LogP contribution in [0.4, 0.5) is 0 Å². The Hall–Kier alpha value is -4.49. The van der Waals surface area contributed by atoms with Crippen LogP contribution in [-0.4, -0.2) is 79.6 Å². The zero-order chi connectivity index (χ0) is 28.4. The number of hydrogen-bond acceptors (Lipinski definition) is 11. The molecule has 1 aromatic carbocycles. The van der Waals surface area contributed by atoms with Gasteiger partial charge in [0.2, 0.25) is 5.78 Å². The number of aliphatic hydroxyl groups excluding tert-OH is 2. The Morgan fingerprint density at radius 3 is 2.56 bits per heavy atom. The number of aromatic hydroxyl groups is 1. The van der Waals surface area contributed by atoms with Gasteiger partial charge in [0.05, 0.1) is 23.4 Å². The van der Waals surface area contributed by atoms with Gasteiger partial charge in [-0.3, -0.25) is 24.1 Å². The Kier molecular flexibility index (Phi) is 6.07. The van der Waals surface area contributed by atoms with Crippen LogP contribution in [0, 0.1) is 11.8 Å². The minimum absolute atomic E-state index is 0.00752. The number of aromatic nitrogens is 1. The molecule has 7 N–H and O–H groups in total. The van der Waals surface area contributed by atoms with Crippen LogP contribution in [0.25, 0.3) is 5.76 Å². The number of ketones is 2. The van der Waals surface area contributed by atoms with Crippen LogP contribution in [0.3, 0.4) is 0 Å². The quantitative estimate of drug-likeness (QED) is 0.276. The highest BCUT2D eigenvalue weighted by atomic mass is 16.5. The monoisotopic (exact) mass is 538 g/mol. The third kappa shape index (κ3) is 3.72. The molecule has 5 rings (SSSR count). The summed E-state index contributed by atoms with van der Waals surface area (Å²) in [6, 6.07) is 1.70. The number of rotatable bonds is 5. The van der Waals surface area contributed by atoms with Crippen molar-refractivity contribution < 1.29 is 44.1 Å². The largest absolute Gasteiger partial charge is 0.508 e. The molecule has 204 valence electrons. The van der Waals surface area contributed by atoms with E-state index < -0.39 is 64.0 Å². The first-order chi connectivity index (χ1) is 18.4. The highest BCUT2D eigenvalue weighted by Crippen LogP contribution is 2.52. The maximum Gasteiger partial charge on any atom is 0.256 e. The van der Waals surface area contributed by atoms with E-state index in [0.717, 1.165) is 0 Å². The number of primary amides is 1. The van der Waals surface area contributed by atoms with E-state index in [1.54, 1.807) is 6.07 Å². The molecule has 1 saturated carbocycles. The summed E-state index contributed by atoms with van der Waals surface area (Å²) < 4.78 is 4.68. The number of carbonyl (C=O) groups is 4. The SMILES string of the molecule is CN(C)[C@@H]1C(=O)C(C(N)=O)=C(O)[C@@]2(O)C(=O)C3=C(O)c4c(O)ccc(CNC(=O)c5cnoc5)c4C[C@@H]3C[C@H]12. The molecule has 0 bridgehead atoms. The molecule has 3 aliphatic rings. The van der Waals surface area contributed by atoms with Gasteiger partial charge >= 0.3 is 0 Å². The first-order valence-electron chi connectivity index (χ1n) is 12.1. The third-order valence-electron chi connectivity index (χ3n) is 7.84. The van der Waals surface area contributed by atoms with Crippen molar-refractivity contribution in [2.45, 2.75) is 31.0 Å². The number of hydrogen-bond donors (Lipinski definition) is 6. The molecule has 1 heterocycles. The summed E-state index contributed by atoms with van der Waals surface area (Å²) in [5.74, 6) is -7.66. The number of phenolic OH excluding ortho intramolecular Hbond substituents is 1. The Balaban J connectivity index is 1.61. The molecule has 0 radical (unpaired) electrons. The molecule has 0 unspecified atom stereocenters. The molecule has 4 atom stereocenters. The highest BCUT2D eigenvalue weighted by molar-refractivity contribution is 6.24. The fraction of sp³-hybridized carbons (Fsp3) is 0.346. The zero-order valence-corrected chi connectivity index (χ0v) is 21.0. The van der Waals surface area contributed by atoms with Crippen LogP contribution in [-0.2, 0) is 27.3 Å². The number of likely N-dealkylation sites (N-methyl/N-ethyl adjacent to an activating group) is 1. The van der Waals surface area contributed by atoms with Crippen LogP contribution in [0.5, 0.6) is 5.75 Å².